The summed E-state index contributed by atoms with van der Waals surface area (Å²) in [6.07, 6.45) is 4.97. The average molecular weight is 430 g/mol. The highest BCUT2D eigenvalue weighted by Crippen LogP contribution is 2.49. The molecule has 1 aromatic rings. The van der Waals surface area contributed by atoms with E-state index in [4.69, 9.17) is 9.47 Å². The summed E-state index contributed by atoms with van der Waals surface area (Å²) in [5.41, 5.74) is -0.727. The van der Waals surface area contributed by atoms with Gasteiger partial charge >= 0.3 is 6.03 Å². The Bertz CT molecular complexity index is 903. The fourth-order valence-electron chi connectivity index (χ4n) is 5.64. The molecule has 1 aliphatic heterocycles. The molecule has 4 amide bonds. The molecule has 2 saturated carbocycles. The maximum absolute atomic E-state index is 13.2. The number of ether oxygens (including phenoxy) is 2. The third-order valence-corrected chi connectivity index (χ3v) is 7.36. The minimum absolute atomic E-state index is 0.0424. The van der Waals surface area contributed by atoms with Gasteiger partial charge in [0, 0.05) is 6.04 Å². The SMILES string of the molecule is COc1ccc(C2(C)NC(=O)N(CC(=O)NC(C)C3CC4CCC3C4)C2=O)cc1OC. The van der Waals surface area contributed by atoms with E-state index in [9.17, 15) is 14.4 Å². The summed E-state index contributed by atoms with van der Waals surface area (Å²) in [7, 11) is 3.03. The molecule has 3 aliphatic rings. The lowest BCUT2D eigenvalue weighted by atomic mass is 9.84. The molecule has 31 heavy (non-hydrogen) atoms. The quantitative estimate of drug-likeness (QED) is 0.649. The molecule has 168 valence electrons. The Labute approximate surface area is 182 Å². The van der Waals surface area contributed by atoms with E-state index in [2.05, 4.69) is 10.6 Å². The molecule has 8 nitrogen and oxygen atoms in total. The summed E-state index contributed by atoms with van der Waals surface area (Å²) in [5.74, 6) is 2.18. The van der Waals surface area contributed by atoms with Crippen LogP contribution < -0.4 is 20.1 Å². The first-order valence-corrected chi connectivity index (χ1v) is 10.9. The molecule has 0 radical (unpaired) electrons. The van der Waals surface area contributed by atoms with Crippen molar-refractivity contribution in [2.75, 3.05) is 20.8 Å². The topological polar surface area (TPSA) is 97.0 Å². The van der Waals surface area contributed by atoms with Gasteiger partial charge in [0.15, 0.2) is 11.5 Å². The fraction of sp³-hybridized carbons (Fsp3) is 0.609. The van der Waals surface area contributed by atoms with Crippen molar-refractivity contribution in [2.45, 2.75) is 51.1 Å². The van der Waals surface area contributed by atoms with E-state index in [-0.39, 0.29) is 18.5 Å². The molecule has 5 unspecified atom stereocenters. The summed E-state index contributed by atoms with van der Waals surface area (Å²) in [6, 6.07) is 4.52. The number of methoxy groups -OCH3 is 2. The number of benzene rings is 1. The number of carbonyl (C=O) groups is 3. The molecule has 2 aliphatic carbocycles. The minimum Gasteiger partial charge on any atom is -0.493 e. The zero-order valence-corrected chi connectivity index (χ0v) is 18.6. The van der Waals surface area contributed by atoms with E-state index >= 15 is 0 Å². The Morgan fingerprint density at radius 3 is 2.58 bits per heavy atom. The van der Waals surface area contributed by atoms with Gasteiger partial charge in [-0.15, -0.1) is 0 Å². The van der Waals surface area contributed by atoms with Gasteiger partial charge in [-0.2, -0.15) is 0 Å². The maximum atomic E-state index is 13.2. The molecule has 0 aromatic heterocycles. The molecule has 3 fully saturated rings. The second kappa shape index (κ2) is 8.05. The van der Waals surface area contributed by atoms with Crippen LogP contribution in [0.1, 0.15) is 45.1 Å². The van der Waals surface area contributed by atoms with E-state index in [1.54, 1.807) is 25.1 Å². The van der Waals surface area contributed by atoms with Crippen molar-refractivity contribution in [3.8, 4) is 11.5 Å². The number of urea groups is 1. The molecule has 1 heterocycles. The van der Waals surface area contributed by atoms with Crippen molar-refractivity contribution < 1.29 is 23.9 Å². The van der Waals surface area contributed by atoms with Gasteiger partial charge in [-0.25, -0.2) is 4.79 Å². The highest BCUT2D eigenvalue weighted by molar-refractivity contribution is 6.09. The summed E-state index contributed by atoms with van der Waals surface area (Å²) in [5, 5.41) is 5.76. The van der Waals surface area contributed by atoms with Crippen molar-refractivity contribution in [3.63, 3.8) is 0 Å². The summed E-state index contributed by atoms with van der Waals surface area (Å²) in [6.45, 7) is 3.37. The van der Waals surface area contributed by atoms with E-state index in [1.165, 1.54) is 33.5 Å². The van der Waals surface area contributed by atoms with Crippen LogP contribution >= 0.6 is 0 Å². The van der Waals surface area contributed by atoms with Crippen LogP contribution in [0.5, 0.6) is 11.5 Å². The van der Waals surface area contributed by atoms with Gasteiger partial charge in [0.1, 0.15) is 12.1 Å². The largest absolute Gasteiger partial charge is 0.493 e. The van der Waals surface area contributed by atoms with Crippen LogP contribution in [-0.2, 0) is 15.1 Å². The van der Waals surface area contributed by atoms with Crippen molar-refractivity contribution >= 4 is 17.8 Å². The predicted octanol–water partition coefficient (Wildman–Crippen LogP) is 2.41. The Hall–Kier alpha value is -2.77. The first-order chi connectivity index (χ1) is 14.8. The van der Waals surface area contributed by atoms with Gasteiger partial charge in [-0.05, 0) is 68.6 Å². The van der Waals surface area contributed by atoms with Gasteiger partial charge in [0.05, 0.1) is 14.2 Å². The maximum Gasteiger partial charge on any atom is 0.325 e. The third-order valence-electron chi connectivity index (χ3n) is 7.36. The fourth-order valence-corrected chi connectivity index (χ4v) is 5.64. The number of rotatable bonds is 7. The van der Waals surface area contributed by atoms with Crippen molar-refractivity contribution in [3.05, 3.63) is 23.8 Å². The van der Waals surface area contributed by atoms with Crippen molar-refractivity contribution in [2.24, 2.45) is 17.8 Å². The predicted molar refractivity (Wildman–Crippen MR) is 114 cm³/mol. The number of hydrogen-bond acceptors (Lipinski definition) is 5. The number of nitrogens with zero attached hydrogens (tertiary/aromatic N) is 1. The Morgan fingerprint density at radius 2 is 1.97 bits per heavy atom. The number of hydrogen-bond donors (Lipinski definition) is 2. The lowest BCUT2D eigenvalue weighted by Gasteiger charge is -2.29. The normalized spacial score (nSPS) is 30.3. The monoisotopic (exact) mass is 429 g/mol. The van der Waals surface area contributed by atoms with Crippen LogP contribution in [-0.4, -0.2) is 49.6 Å². The number of fused-ring (bicyclic) bond motifs is 2. The first-order valence-electron chi connectivity index (χ1n) is 10.9. The minimum atomic E-state index is -1.28. The standard InChI is InChI=1S/C23H31N3O5/c1-13(17-10-14-5-6-15(17)9-14)24-20(27)12-26-21(28)23(2,25-22(26)29)16-7-8-18(30-3)19(11-16)31-4/h7-8,11,13-15,17H,5-6,9-10,12H2,1-4H3,(H,24,27)(H,25,29). The molecule has 2 bridgehead atoms. The second-order valence-electron chi connectivity index (χ2n) is 9.21. The summed E-state index contributed by atoms with van der Waals surface area (Å²) < 4.78 is 10.6. The van der Waals surface area contributed by atoms with Crippen LogP contribution in [0.4, 0.5) is 4.79 Å². The lowest BCUT2D eigenvalue weighted by molar-refractivity contribution is -0.135. The average Bonchev–Trinajstić information content (AvgIpc) is 3.44. The molecule has 1 aromatic carbocycles. The van der Waals surface area contributed by atoms with Crippen molar-refractivity contribution in [1.82, 2.24) is 15.5 Å². The van der Waals surface area contributed by atoms with Gasteiger partial charge in [0.2, 0.25) is 5.91 Å². The van der Waals surface area contributed by atoms with Crippen molar-refractivity contribution in [1.29, 1.82) is 0 Å². The van der Waals surface area contributed by atoms with E-state index in [0.29, 0.717) is 28.9 Å². The van der Waals surface area contributed by atoms with E-state index in [1.807, 2.05) is 6.92 Å². The third kappa shape index (κ3) is 3.72. The number of amides is 4. The second-order valence-corrected chi connectivity index (χ2v) is 9.21. The number of imide groups is 1. The lowest BCUT2D eigenvalue weighted by Crippen LogP contribution is -2.47. The Kier molecular flexibility index (Phi) is 5.58. The Balaban J connectivity index is 1.43. The molecule has 5 atom stereocenters. The van der Waals surface area contributed by atoms with Gasteiger partial charge < -0.3 is 20.1 Å². The first kappa shape index (κ1) is 21.5. The van der Waals surface area contributed by atoms with Crippen LogP contribution in [0.25, 0.3) is 0 Å². The molecule has 0 spiro atoms. The van der Waals surface area contributed by atoms with E-state index in [0.717, 1.165) is 17.2 Å². The molecule has 8 heteroatoms. The zero-order valence-electron chi connectivity index (χ0n) is 18.6. The Morgan fingerprint density at radius 1 is 1.23 bits per heavy atom. The summed E-state index contributed by atoms with van der Waals surface area (Å²) >= 11 is 0. The molecule has 2 N–H and O–H groups in total. The van der Waals surface area contributed by atoms with Crippen LogP contribution in [0.15, 0.2) is 18.2 Å². The highest BCUT2D eigenvalue weighted by atomic mass is 16.5. The highest BCUT2D eigenvalue weighted by Gasteiger charge is 2.50. The molecule has 4 rings (SSSR count). The smallest absolute Gasteiger partial charge is 0.325 e. The van der Waals surface area contributed by atoms with Crippen LogP contribution in [0, 0.1) is 17.8 Å². The number of carbonyl (C=O) groups excluding carboxylic acids is 3. The molecular weight excluding hydrogens is 398 g/mol. The van der Waals surface area contributed by atoms with Gasteiger partial charge in [-0.3, -0.25) is 14.5 Å². The molecular formula is C23H31N3O5. The summed E-state index contributed by atoms with van der Waals surface area (Å²) in [4.78, 5) is 39.4. The van der Waals surface area contributed by atoms with Crippen LogP contribution in [0.2, 0.25) is 0 Å². The molecule has 1 saturated heterocycles. The zero-order chi connectivity index (χ0) is 22.3. The number of nitrogens with one attached hydrogen (secondary N) is 2. The van der Waals surface area contributed by atoms with E-state index < -0.39 is 17.5 Å². The van der Waals surface area contributed by atoms with Gasteiger partial charge in [0.25, 0.3) is 5.91 Å². The van der Waals surface area contributed by atoms with Crippen LogP contribution in [0.3, 0.4) is 0 Å². The van der Waals surface area contributed by atoms with Gasteiger partial charge in [-0.1, -0.05) is 12.5 Å².